The molecule has 0 spiro atoms. The molecular formula is C12H10ClNO3. The van der Waals surface area contributed by atoms with Crippen molar-refractivity contribution < 1.29 is 12.3 Å². The minimum Gasteiger partial charge on any atom is -0.461 e. The lowest BCUT2D eigenvalue weighted by molar-refractivity contribution is 0.0520. The number of carbonyl (C=O) groups is 1. The molecule has 0 aliphatic heterocycles. The number of fused-ring (bicyclic) bond motifs is 1. The van der Waals surface area contributed by atoms with Gasteiger partial charge in [-0.05, 0) is 25.1 Å². The molecule has 0 radical (unpaired) electrons. The number of halogens is 1. The van der Waals surface area contributed by atoms with Gasteiger partial charge in [0.2, 0.25) is 0 Å². The van der Waals surface area contributed by atoms with Crippen LogP contribution >= 0.6 is 11.6 Å². The zero-order valence-electron chi connectivity index (χ0n) is 11.0. The third kappa shape index (κ3) is 2.31. The first-order chi connectivity index (χ1) is 8.95. The van der Waals surface area contributed by atoms with Crippen molar-refractivity contribution in [1.82, 2.24) is 4.98 Å². The maximum atomic E-state index is 11.9. The van der Waals surface area contributed by atoms with Gasteiger partial charge < -0.3 is 9.72 Å². The molecule has 0 saturated carbocycles. The Bertz CT molecular complexity index is 727. The first-order valence-electron chi connectivity index (χ1n) is 5.95. The Hall–Kier alpha value is -1.81. The minimum atomic E-state index is -0.674. The number of hydrogen-bond donors (Lipinski definition) is 1. The molecule has 0 unspecified atom stereocenters. The molecule has 4 nitrogen and oxygen atoms in total. The molecule has 1 aromatic heterocycles. The Morgan fingerprint density at radius 3 is 3.12 bits per heavy atom. The number of aromatic nitrogens is 1. The third-order valence-electron chi connectivity index (χ3n) is 2.14. The van der Waals surface area contributed by atoms with Gasteiger partial charge in [0.05, 0.1) is 14.9 Å². The average Bonchev–Trinajstić information content (AvgIpc) is 2.37. The predicted molar refractivity (Wildman–Crippen MR) is 65.5 cm³/mol. The topological polar surface area (TPSA) is 59.2 Å². The number of hydrogen-bond acceptors (Lipinski definition) is 3. The van der Waals surface area contributed by atoms with Gasteiger partial charge in [-0.15, -0.1) is 0 Å². The van der Waals surface area contributed by atoms with Crippen molar-refractivity contribution in [3.63, 3.8) is 0 Å². The Morgan fingerprint density at radius 2 is 2.41 bits per heavy atom. The molecule has 0 fully saturated rings. The summed E-state index contributed by atoms with van der Waals surface area (Å²) in [5.74, 6) is -0.674. The van der Waals surface area contributed by atoms with Crippen LogP contribution in [0.4, 0.5) is 0 Å². The van der Waals surface area contributed by atoms with Gasteiger partial charge in [0.25, 0.3) is 0 Å². The largest absolute Gasteiger partial charge is 0.461 e. The van der Waals surface area contributed by atoms with Gasteiger partial charge in [0.15, 0.2) is 5.43 Å². The molecule has 0 aliphatic carbocycles. The van der Waals surface area contributed by atoms with Crippen molar-refractivity contribution >= 4 is 28.5 Å². The van der Waals surface area contributed by atoms with Crippen LogP contribution in [0.15, 0.2) is 29.0 Å². The number of nitrogens with one attached hydrogen (secondary N) is 1. The summed E-state index contributed by atoms with van der Waals surface area (Å²) in [6, 6.07) is 2.07. The lowest BCUT2D eigenvalue weighted by Gasteiger charge is -2.04. The summed E-state index contributed by atoms with van der Waals surface area (Å²) in [5.41, 5.74) is -0.381. The van der Waals surface area contributed by atoms with Crippen molar-refractivity contribution in [1.29, 1.82) is 0 Å². The summed E-state index contributed by atoms with van der Waals surface area (Å²) in [5, 5.41) is 0.0663. The zero-order chi connectivity index (χ0) is 14.2. The molecule has 88 valence electrons. The molecule has 0 saturated heterocycles. The highest BCUT2D eigenvalue weighted by Gasteiger charge is 2.10. The molecule has 0 atom stereocenters. The summed E-state index contributed by atoms with van der Waals surface area (Å²) >= 11 is 5.79. The minimum absolute atomic E-state index is 0.0401. The lowest BCUT2D eigenvalue weighted by atomic mass is 10.2. The van der Waals surface area contributed by atoms with Crippen molar-refractivity contribution in [2.75, 3.05) is 6.61 Å². The molecule has 0 bridgehead atoms. The van der Waals surface area contributed by atoms with E-state index in [0.29, 0.717) is 0 Å². The molecule has 0 amide bonds. The Labute approximate surface area is 105 Å². The molecule has 5 heteroatoms. The van der Waals surface area contributed by atoms with E-state index in [1.54, 1.807) is 6.92 Å². The second-order valence-electron chi connectivity index (χ2n) is 3.28. The normalized spacial score (nSPS) is 12.1. The van der Waals surface area contributed by atoms with E-state index < -0.39 is 11.4 Å². The third-order valence-corrected chi connectivity index (χ3v) is 2.35. The Morgan fingerprint density at radius 1 is 1.65 bits per heavy atom. The van der Waals surface area contributed by atoms with E-state index in [0.717, 1.165) is 6.07 Å². The molecule has 2 rings (SSSR count). The van der Waals surface area contributed by atoms with Crippen LogP contribution in [0.2, 0.25) is 5.02 Å². The molecule has 17 heavy (non-hydrogen) atoms. The van der Waals surface area contributed by atoms with E-state index >= 15 is 0 Å². The first kappa shape index (κ1) is 9.24. The fraction of sp³-hybridized carbons (Fsp3) is 0.167. The fourth-order valence-electron chi connectivity index (χ4n) is 1.41. The maximum absolute atomic E-state index is 11.9. The number of carbonyl (C=O) groups excluding carboxylic acids is 1. The maximum Gasteiger partial charge on any atom is 0.354 e. The number of H-pyrrole nitrogens is 1. The predicted octanol–water partition coefficient (Wildman–Crippen LogP) is 2.36. The molecule has 1 heterocycles. The number of benzene rings is 1. The van der Waals surface area contributed by atoms with E-state index in [9.17, 15) is 9.59 Å². The van der Waals surface area contributed by atoms with Gasteiger partial charge in [-0.2, -0.15) is 0 Å². The van der Waals surface area contributed by atoms with Gasteiger partial charge in [-0.3, -0.25) is 4.79 Å². The smallest absolute Gasteiger partial charge is 0.354 e. The molecule has 2 aromatic rings. The summed E-state index contributed by atoms with van der Waals surface area (Å²) < 4.78 is 20.1. The lowest BCUT2D eigenvalue weighted by Crippen LogP contribution is -2.12. The van der Waals surface area contributed by atoms with E-state index in [1.807, 2.05) is 0 Å². The first-order valence-corrected chi connectivity index (χ1v) is 5.33. The van der Waals surface area contributed by atoms with Gasteiger partial charge in [-0.25, -0.2) is 4.79 Å². The van der Waals surface area contributed by atoms with Crippen LogP contribution in [-0.4, -0.2) is 17.6 Å². The second kappa shape index (κ2) is 4.59. The second-order valence-corrected chi connectivity index (χ2v) is 3.66. The highest BCUT2D eigenvalue weighted by molar-refractivity contribution is 6.31. The van der Waals surface area contributed by atoms with Crippen LogP contribution in [0.3, 0.4) is 0 Å². The van der Waals surface area contributed by atoms with Crippen LogP contribution in [0.25, 0.3) is 10.9 Å². The van der Waals surface area contributed by atoms with E-state index in [4.69, 9.17) is 19.1 Å². The summed E-state index contributed by atoms with van der Waals surface area (Å²) in [7, 11) is 0. The van der Waals surface area contributed by atoms with E-state index in [1.165, 1.54) is 6.07 Å². The molecule has 0 aliphatic rings. The highest BCUT2D eigenvalue weighted by Crippen LogP contribution is 2.15. The number of aromatic amines is 1. The van der Waals surface area contributed by atoms with Crippen LogP contribution in [0, 0.1) is 0 Å². The Kier molecular flexibility index (Phi) is 2.50. The van der Waals surface area contributed by atoms with Gasteiger partial charge in [0, 0.05) is 16.5 Å². The van der Waals surface area contributed by atoms with Crippen LogP contribution in [0.1, 0.15) is 20.2 Å². The fourth-order valence-corrected chi connectivity index (χ4v) is 1.56. The van der Waals surface area contributed by atoms with Crippen molar-refractivity contribution in [2.24, 2.45) is 0 Å². The Balaban J connectivity index is 2.76. The highest BCUT2D eigenvalue weighted by atomic mass is 35.5. The zero-order valence-corrected chi connectivity index (χ0v) is 9.72. The summed E-state index contributed by atoms with van der Waals surface area (Å²) in [4.78, 5) is 26.1. The van der Waals surface area contributed by atoms with E-state index in [-0.39, 0.29) is 40.3 Å². The number of rotatable bonds is 2. The van der Waals surface area contributed by atoms with Crippen LogP contribution < -0.4 is 5.43 Å². The van der Waals surface area contributed by atoms with Crippen molar-refractivity contribution in [3.8, 4) is 0 Å². The van der Waals surface area contributed by atoms with Gasteiger partial charge in [0.1, 0.15) is 5.69 Å². The monoisotopic (exact) mass is 253 g/mol. The standard InChI is InChI=1S/C12H10ClNO3/c1-2-17-12(16)10-6-11(15)8-4-3-7(13)5-9(8)14-10/h3-6H,2H2,1H3,(H,14,15)/i3D,5D. The van der Waals surface area contributed by atoms with Crippen molar-refractivity contribution in [3.05, 3.63) is 45.2 Å². The number of esters is 1. The number of pyridine rings is 1. The van der Waals surface area contributed by atoms with Gasteiger partial charge in [-0.1, -0.05) is 11.6 Å². The molecule has 1 aromatic carbocycles. The van der Waals surface area contributed by atoms with Gasteiger partial charge >= 0.3 is 5.97 Å². The van der Waals surface area contributed by atoms with E-state index in [2.05, 4.69) is 4.98 Å². The van der Waals surface area contributed by atoms with Crippen LogP contribution in [0.5, 0.6) is 0 Å². The van der Waals surface area contributed by atoms with Crippen molar-refractivity contribution in [2.45, 2.75) is 6.92 Å². The molecule has 1 N–H and O–H groups in total. The van der Waals surface area contributed by atoms with Crippen LogP contribution in [-0.2, 0) is 4.74 Å². The molecular weight excluding hydrogens is 242 g/mol. The summed E-state index contributed by atoms with van der Waals surface area (Å²) in [6.07, 6.45) is 0. The average molecular weight is 254 g/mol. The summed E-state index contributed by atoms with van der Waals surface area (Å²) in [6.45, 7) is 1.83. The SMILES string of the molecule is [2H]c1cc2c(=O)cc(C(=O)OCC)[nH]c2c([2H])c1Cl. The quantitative estimate of drug-likeness (QED) is 0.836. The number of ether oxygens (including phenoxy) is 1.